The second-order valence-electron chi connectivity index (χ2n) is 4.37. The van der Waals surface area contributed by atoms with Gasteiger partial charge in [0.25, 0.3) is 5.91 Å². The summed E-state index contributed by atoms with van der Waals surface area (Å²) in [4.78, 5) is 11.8. The first-order valence-corrected chi connectivity index (χ1v) is 7.43. The van der Waals surface area contributed by atoms with Gasteiger partial charge in [-0.1, -0.05) is 27.5 Å². The predicted octanol–water partition coefficient (Wildman–Crippen LogP) is 3.75. The van der Waals surface area contributed by atoms with Gasteiger partial charge in [-0.2, -0.15) is 0 Å². The molecule has 0 spiro atoms. The number of carbonyl (C=O) groups excluding carboxylic acids is 1. The molecule has 4 nitrogen and oxygen atoms in total. The average molecular weight is 389 g/mol. The SMILES string of the molecule is O=C(COc1ccc(Br)cc1CO)Nc1ccc(F)cc1Cl. The number of nitrogens with one attached hydrogen (secondary N) is 1. The summed E-state index contributed by atoms with van der Waals surface area (Å²) in [5, 5.41) is 11.9. The fourth-order valence-corrected chi connectivity index (χ4v) is 2.36. The number of benzene rings is 2. The minimum atomic E-state index is -0.485. The van der Waals surface area contributed by atoms with Gasteiger partial charge in [0.1, 0.15) is 11.6 Å². The summed E-state index contributed by atoms with van der Waals surface area (Å²) in [6.07, 6.45) is 0. The first-order valence-electron chi connectivity index (χ1n) is 6.26. The molecule has 2 rings (SSSR count). The van der Waals surface area contributed by atoms with Crippen molar-refractivity contribution in [2.75, 3.05) is 11.9 Å². The van der Waals surface area contributed by atoms with Crippen LogP contribution in [0.2, 0.25) is 5.02 Å². The van der Waals surface area contributed by atoms with Crippen LogP contribution < -0.4 is 10.1 Å². The van der Waals surface area contributed by atoms with Gasteiger partial charge < -0.3 is 15.2 Å². The predicted molar refractivity (Wildman–Crippen MR) is 85.6 cm³/mol. The van der Waals surface area contributed by atoms with Gasteiger partial charge >= 0.3 is 0 Å². The van der Waals surface area contributed by atoms with Crippen LogP contribution in [-0.2, 0) is 11.4 Å². The summed E-state index contributed by atoms with van der Waals surface area (Å²) in [7, 11) is 0. The number of rotatable bonds is 5. The molecule has 0 aromatic heterocycles. The Morgan fingerprint density at radius 1 is 1.32 bits per heavy atom. The number of hydrogen-bond donors (Lipinski definition) is 2. The van der Waals surface area contributed by atoms with E-state index in [0.717, 1.165) is 10.5 Å². The van der Waals surface area contributed by atoms with Crippen LogP contribution in [0.5, 0.6) is 5.75 Å². The Bertz CT molecular complexity index is 696. The molecule has 0 saturated heterocycles. The van der Waals surface area contributed by atoms with E-state index in [1.54, 1.807) is 18.2 Å². The summed E-state index contributed by atoms with van der Waals surface area (Å²) in [6, 6.07) is 8.76. The molecule has 0 atom stereocenters. The molecule has 0 heterocycles. The zero-order chi connectivity index (χ0) is 16.1. The van der Waals surface area contributed by atoms with Gasteiger partial charge in [-0.25, -0.2) is 4.39 Å². The molecule has 0 fully saturated rings. The van der Waals surface area contributed by atoms with Crippen molar-refractivity contribution < 1.29 is 19.0 Å². The number of amides is 1. The fraction of sp³-hybridized carbons (Fsp3) is 0.133. The topological polar surface area (TPSA) is 58.6 Å². The maximum Gasteiger partial charge on any atom is 0.262 e. The van der Waals surface area contributed by atoms with Crippen LogP contribution in [0, 0.1) is 5.82 Å². The van der Waals surface area contributed by atoms with Crippen molar-refractivity contribution in [2.45, 2.75) is 6.61 Å². The fourth-order valence-electron chi connectivity index (χ4n) is 1.73. The maximum absolute atomic E-state index is 12.9. The maximum atomic E-state index is 12.9. The normalized spacial score (nSPS) is 10.4. The summed E-state index contributed by atoms with van der Waals surface area (Å²) < 4.78 is 19.1. The van der Waals surface area contributed by atoms with Gasteiger partial charge in [0.15, 0.2) is 6.61 Å². The number of hydrogen-bond acceptors (Lipinski definition) is 3. The third kappa shape index (κ3) is 4.43. The third-order valence-electron chi connectivity index (χ3n) is 2.76. The van der Waals surface area contributed by atoms with Crippen LogP contribution in [0.1, 0.15) is 5.56 Å². The van der Waals surface area contributed by atoms with E-state index in [-0.39, 0.29) is 18.2 Å². The van der Waals surface area contributed by atoms with Gasteiger partial charge in [0.2, 0.25) is 0 Å². The molecule has 22 heavy (non-hydrogen) atoms. The Kier molecular flexibility index (Phi) is 5.76. The van der Waals surface area contributed by atoms with Crippen LogP contribution in [0.3, 0.4) is 0 Å². The monoisotopic (exact) mass is 387 g/mol. The van der Waals surface area contributed by atoms with E-state index in [1.165, 1.54) is 12.1 Å². The van der Waals surface area contributed by atoms with Crippen LogP contribution in [-0.4, -0.2) is 17.6 Å². The van der Waals surface area contributed by atoms with E-state index in [4.69, 9.17) is 16.3 Å². The zero-order valence-electron chi connectivity index (χ0n) is 11.3. The van der Waals surface area contributed by atoms with Gasteiger partial charge in [-0.3, -0.25) is 4.79 Å². The van der Waals surface area contributed by atoms with Crippen molar-refractivity contribution >= 4 is 39.1 Å². The van der Waals surface area contributed by atoms with Gasteiger partial charge in [0.05, 0.1) is 17.3 Å². The van der Waals surface area contributed by atoms with Crippen molar-refractivity contribution in [2.24, 2.45) is 0 Å². The highest BCUT2D eigenvalue weighted by atomic mass is 79.9. The third-order valence-corrected chi connectivity index (χ3v) is 3.56. The molecule has 0 aliphatic rings. The summed E-state index contributed by atoms with van der Waals surface area (Å²) in [5.41, 5.74) is 0.858. The van der Waals surface area contributed by atoms with Crippen LogP contribution >= 0.6 is 27.5 Å². The van der Waals surface area contributed by atoms with E-state index in [9.17, 15) is 14.3 Å². The lowest BCUT2D eigenvalue weighted by Crippen LogP contribution is -2.20. The minimum Gasteiger partial charge on any atom is -0.483 e. The molecule has 0 aliphatic heterocycles. The molecule has 0 unspecified atom stereocenters. The van der Waals surface area contributed by atoms with Gasteiger partial charge in [0, 0.05) is 10.0 Å². The van der Waals surface area contributed by atoms with Crippen molar-refractivity contribution in [3.8, 4) is 5.75 Å². The quantitative estimate of drug-likeness (QED) is 0.820. The first kappa shape index (κ1) is 16.7. The number of carbonyl (C=O) groups is 1. The van der Waals surface area contributed by atoms with E-state index >= 15 is 0 Å². The summed E-state index contributed by atoms with van der Waals surface area (Å²) in [5.74, 6) is -0.520. The Hall–Kier alpha value is -1.63. The Labute approximate surface area is 140 Å². The van der Waals surface area contributed by atoms with E-state index in [2.05, 4.69) is 21.2 Å². The van der Waals surface area contributed by atoms with E-state index in [1.807, 2.05) is 0 Å². The Morgan fingerprint density at radius 2 is 2.09 bits per heavy atom. The van der Waals surface area contributed by atoms with Crippen LogP contribution in [0.25, 0.3) is 0 Å². The second-order valence-corrected chi connectivity index (χ2v) is 5.69. The van der Waals surface area contributed by atoms with Crippen LogP contribution in [0.15, 0.2) is 40.9 Å². The van der Waals surface area contributed by atoms with Crippen LogP contribution in [0.4, 0.5) is 10.1 Å². The number of aliphatic hydroxyl groups is 1. The van der Waals surface area contributed by atoms with Gasteiger partial charge in [-0.05, 0) is 36.4 Å². The highest BCUT2D eigenvalue weighted by molar-refractivity contribution is 9.10. The van der Waals surface area contributed by atoms with Gasteiger partial charge in [-0.15, -0.1) is 0 Å². The van der Waals surface area contributed by atoms with E-state index < -0.39 is 11.7 Å². The lowest BCUT2D eigenvalue weighted by atomic mass is 10.2. The molecule has 2 N–H and O–H groups in total. The molecule has 2 aromatic rings. The molecular formula is C15H12BrClFNO3. The molecule has 7 heteroatoms. The van der Waals surface area contributed by atoms with Crippen molar-refractivity contribution in [3.05, 3.63) is 57.3 Å². The molecule has 1 amide bonds. The number of halogens is 3. The highest BCUT2D eigenvalue weighted by Crippen LogP contribution is 2.24. The molecule has 2 aromatic carbocycles. The molecule has 0 radical (unpaired) electrons. The van der Waals surface area contributed by atoms with Crippen molar-refractivity contribution in [1.82, 2.24) is 0 Å². The van der Waals surface area contributed by atoms with Crippen molar-refractivity contribution in [1.29, 1.82) is 0 Å². The molecule has 0 aliphatic carbocycles. The highest BCUT2D eigenvalue weighted by Gasteiger charge is 2.09. The zero-order valence-corrected chi connectivity index (χ0v) is 13.6. The number of anilines is 1. The Balaban J connectivity index is 1.98. The largest absolute Gasteiger partial charge is 0.483 e. The number of aliphatic hydroxyl groups excluding tert-OH is 1. The summed E-state index contributed by atoms with van der Waals surface area (Å²) in [6.45, 7) is -0.470. The smallest absolute Gasteiger partial charge is 0.262 e. The first-order chi connectivity index (χ1) is 10.5. The molecule has 0 bridgehead atoms. The average Bonchev–Trinajstić information content (AvgIpc) is 2.48. The summed E-state index contributed by atoms with van der Waals surface area (Å²) >= 11 is 9.11. The lowest BCUT2D eigenvalue weighted by molar-refractivity contribution is -0.118. The lowest BCUT2D eigenvalue weighted by Gasteiger charge is -2.11. The standard InChI is InChI=1S/C15H12BrClFNO3/c16-10-1-4-14(9(5-10)7-20)22-8-15(21)19-13-3-2-11(18)6-12(13)17/h1-6,20H,7-8H2,(H,19,21). The molecule has 116 valence electrons. The second kappa shape index (κ2) is 7.58. The molecular weight excluding hydrogens is 377 g/mol. The molecule has 0 saturated carbocycles. The van der Waals surface area contributed by atoms with Crippen molar-refractivity contribution in [3.63, 3.8) is 0 Å². The number of ether oxygens (including phenoxy) is 1. The Morgan fingerprint density at radius 3 is 2.77 bits per heavy atom. The minimum absolute atomic E-state index is 0.105. The van der Waals surface area contributed by atoms with E-state index in [0.29, 0.717) is 17.0 Å².